The number of aliphatic imine (C=N–C) groups is 1. The predicted octanol–water partition coefficient (Wildman–Crippen LogP) is 4.74. The average Bonchev–Trinajstić information content (AvgIpc) is 3.29. The van der Waals surface area contributed by atoms with Crippen molar-refractivity contribution in [1.82, 2.24) is 10.6 Å². The molecule has 0 amide bonds. The minimum absolute atomic E-state index is 0.0144. The number of nitrogens with one attached hydrogen (secondary N) is 2. The number of aryl methyl sites for hydroxylation is 2. The second-order valence-corrected chi connectivity index (χ2v) is 21.3. The summed E-state index contributed by atoms with van der Waals surface area (Å²) in [6, 6.07) is 4.74. The molecule has 2 aromatic rings. The lowest BCUT2D eigenvalue weighted by molar-refractivity contribution is -0.121. The third kappa shape index (κ3) is 12.1. The molecule has 4 heterocycles. The number of carbonyl (C=O) groups excluding carboxylic acids is 1. The van der Waals surface area contributed by atoms with Crippen LogP contribution in [0.2, 0.25) is 0 Å². The Hall–Kier alpha value is -3.84. The number of phenols is 1. The summed E-state index contributed by atoms with van der Waals surface area (Å²) in [4.78, 5) is 18.2. The van der Waals surface area contributed by atoms with Crippen molar-refractivity contribution in [2.24, 2.45) is 34.4 Å². The molecule has 4 aliphatic heterocycles. The lowest BCUT2D eigenvalue weighted by Gasteiger charge is -2.45. The van der Waals surface area contributed by atoms with Crippen LogP contribution in [-0.2, 0) is 35.2 Å². The molecule has 0 unspecified atom stereocenters. The fraction of sp³-hybridized carbons (Fsp3) is 0.640. The van der Waals surface area contributed by atoms with Crippen LogP contribution in [0, 0.1) is 47.4 Å². The molecule has 66 heavy (non-hydrogen) atoms. The largest absolute Gasteiger partial charge is 0.504 e. The number of benzene rings is 2. The van der Waals surface area contributed by atoms with E-state index in [0.717, 1.165) is 49.0 Å². The summed E-state index contributed by atoms with van der Waals surface area (Å²) in [5, 5.41) is 61.5. The first kappa shape index (κ1) is 50.0. The Labute approximate surface area is 397 Å². The molecule has 2 aromatic carbocycles. The molecule has 6 bridgehead atoms. The van der Waals surface area contributed by atoms with Gasteiger partial charge < -0.3 is 55.5 Å². The lowest BCUT2D eigenvalue weighted by Crippen LogP contribution is -2.54. The number of phenolic OH excluding ortho intramolecular Hbond substituents is 1. The van der Waals surface area contributed by atoms with E-state index < -0.39 is 36.7 Å². The normalized spacial score (nSPS) is 28.9. The smallest absolute Gasteiger partial charge is 0.201 e. The van der Waals surface area contributed by atoms with Gasteiger partial charge >= 0.3 is 0 Å². The van der Waals surface area contributed by atoms with Crippen molar-refractivity contribution in [2.75, 3.05) is 38.7 Å². The Morgan fingerprint density at radius 3 is 2.64 bits per heavy atom. The van der Waals surface area contributed by atoms with Crippen molar-refractivity contribution in [2.45, 2.75) is 140 Å². The highest BCUT2D eigenvalue weighted by Gasteiger charge is 2.44. The van der Waals surface area contributed by atoms with Crippen LogP contribution < -0.4 is 30.6 Å². The lowest BCUT2D eigenvalue weighted by atomic mass is 9.69. The Kier molecular flexibility index (Phi) is 17.8. The second kappa shape index (κ2) is 23.4. The summed E-state index contributed by atoms with van der Waals surface area (Å²) in [5.41, 5.74) is 9.77. The highest BCUT2D eigenvalue weighted by Crippen LogP contribution is 2.47. The summed E-state index contributed by atoms with van der Waals surface area (Å²) in [7, 11) is 5.13. The third-order valence-electron chi connectivity index (χ3n) is 14.2. The number of nitrogens with two attached hydrogens (primary N) is 1. The Morgan fingerprint density at radius 1 is 1.02 bits per heavy atom. The first-order valence-corrected chi connectivity index (χ1v) is 26.1. The number of nitrogens with zero attached hydrogens (tertiary/aromatic N) is 1. The molecule has 9 N–H and O–H groups in total. The number of ether oxygens (including phenoxy) is 4. The van der Waals surface area contributed by atoms with Gasteiger partial charge in [-0.05, 0) is 80.4 Å². The Morgan fingerprint density at radius 2 is 1.85 bits per heavy atom. The SMILES string of the molecule is CO[C@H](CO)CC[C@@H]1CCCC[C@]12CC#C[C@H]1NC(N)=N[C@H](C(C)C)CSSC[C@H]1[C@@H]1Cc3c4cc(c(c3O[C@H]1O)OCN2)CC#Cc1c(ccc(O)c1OCO)CCC(=O)C[C@H](O)CC4. The fourth-order valence-corrected chi connectivity index (χ4v) is 13.1. The highest BCUT2D eigenvalue weighted by atomic mass is 33.1. The maximum Gasteiger partial charge on any atom is 0.201 e. The Bertz CT molecular complexity index is 2170. The van der Waals surface area contributed by atoms with Gasteiger partial charge in [-0.1, -0.05) is 84.1 Å². The van der Waals surface area contributed by atoms with Gasteiger partial charge in [0.15, 0.2) is 35.8 Å². The molecule has 8 rings (SSSR count). The van der Waals surface area contributed by atoms with Gasteiger partial charge in [0.2, 0.25) is 6.29 Å². The molecule has 6 aliphatic rings. The molecule has 9 atom stereocenters. The number of Topliss-reactive ketones (excluding diaryl/α,β-unsaturated/α-hetero) is 1. The molecular weight excluding hydrogens is 881 g/mol. The number of methoxy groups -OCH3 is 1. The zero-order valence-corrected chi connectivity index (χ0v) is 40.1. The molecule has 1 fully saturated rings. The quantitative estimate of drug-likeness (QED) is 0.102. The molecule has 360 valence electrons. The molecule has 0 aromatic heterocycles. The van der Waals surface area contributed by atoms with Gasteiger partial charge in [0.1, 0.15) is 12.5 Å². The van der Waals surface area contributed by atoms with Crippen LogP contribution in [-0.4, -0.2) is 112 Å². The van der Waals surface area contributed by atoms with Crippen LogP contribution in [0.15, 0.2) is 23.2 Å². The second-order valence-electron chi connectivity index (χ2n) is 18.7. The summed E-state index contributed by atoms with van der Waals surface area (Å²) < 4.78 is 24.6. The number of hydrogen-bond donors (Lipinski definition) is 8. The zero-order chi connectivity index (χ0) is 46.8. The van der Waals surface area contributed by atoms with Gasteiger partial charge in [0.25, 0.3) is 0 Å². The molecule has 1 saturated carbocycles. The van der Waals surface area contributed by atoms with Crippen molar-refractivity contribution in [3.8, 4) is 46.7 Å². The summed E-state index contributed by atoms with van der Waals surface area (Å²) in [5.74, 6) is 15.9. The molecule has 1 spiro atoms. The van der Waals surface area contributed by atoms with Crippen LogP contribution in [0.25, 0.3) is 0 Å². The number of fused-ring (bicyclic) bond motifs is 7. The topological polar surface area (TPSA) is 218 Å². The van der Waals surface area contributed by atoms with Gasteiger partial charge in [-0.2, -0.15) is 0 Å². The molecule has 16 heteroatoms. The number of hydrogen-bond acceptors (Lipinski definition) is 16. The molecular formula is C50H68N4O10S2. The number of aliphatic hydroxyl groups is 4. The summed E-state index contributed by atoms with van der Waals surface area (Å²) >= 11 is 0. The number of aromatic hydroxyl groups is 1. The minimum Gasteiger partial charge on any atom is -0.504 e. The fourth-order valence-electron chi connectivity index (χ4n) is 10.2. The van der Waals surface area contributed by atoms with Gasteiger partial charge in [-0.3, -0.25) is 10.1 Å². The Balaban J connectivity index is 1.37. The van der Waals surface area contributed by atoms with Crippen molar-refractivity contribution < 1.29 is 49.3 Å². The van der Waals surface area contributed by atoms with E-state index in [1.54, 1.807) is 34.8 Å². The van der Waals surface area contributed by atoms with E-state index in [1.165, 1.54) is 6.07 Å². The number of guanidine groups is 1. The van der Waals surface area contributed by atoms with Crippen molar-refractivity contribution in [3.05, 3.63) is 46.0 Å². The maximum absolute atomic E-state index is 13.3. The van der Waals surface area contributed by atoms with E-state index in [-0.39, 0.29) is 79.8 Å². The zero-order valence-electron chi connectivity index (χ0n) is 38.5. The van der Waals surface area contributed by atoms with Gasteiger partial charge in [-0.25, -0.2) is 4.99 Å². The van der Waals surface area contributed by atoms with Crippen LogP contribution >= 0.6 is 21.6 Å². The standard InChI is InChI=1S/C50H68N4O10S2/c1-30(2)43-27-66-65-26-41-40-24-39-32-13-17-36(58)23-35(57)16-12-31-14-19-44(59)46(63-29-56)38(31)10-6-8-33(22-32)45(47(39)64-48(40)60)62-28-52-50(21-7-11-42(41)53-49(51)54-43)20-5-4-9-34(50)15-18-37(25-55)61-3/h14,19,22,30,34,36-37,40-43,48,52,55-56,58-60H,4-5,8-9,12-13,15-18,20-21,23-29H2,1-3H3,(H3,51,53,54)/t34-,36+,37-,40-,41-,42+,43-,48+,50-/m0/s1. The van der Waals surface area contributed by atoms with E-state index in [1.807, 2.05) is 0 Å². The van der Waals surface area contributed by atoms with E-state index >= 15 is 0 Å². The first-order chi connectivity index (χ1) is 31.9. The van der Waals surface area contributed by atoms with Crippen LogP contribution in [0.3, 0.4) is 0 Å². The average molecular weight is 949 g/mol. The van der Waals surface area contributed by atoms with Gasteiger partial charge in [0, 0.05) is 72.8 Å². The molecule has 0 radical (unpaired) electrons. The van der Waals surface area contributed by atoms with Gasteiger partial charge in [-0.15, -0.1) is 0 Å². The molecule has 14 nitrogen and oxygen atoms in total. The van der Waals surface area contributed by atoms with Gasteiger partial charge in [0.05, 0.1) is 36.5 Å². The van der Waals surface area contributed by atoms with E-state index in [2.05, 4.69) is 54.2 Å². The number of carbonyl (C=O) groups is 1. The van der Waals surface area contributed by atoms with E-state index in [0.29, 0.717) is 78.4 Å². The van der Waals surface area contributed by atoms with Crippen molar-refractivity contribution >= 4 is 33.3 Å². The van der Waals surface area contributed by atoms with Crippen LogP contribution in [0.4, 0.5) is 0 Å². The van der Waals surface area contributed by atoms with Crippen molar-refractivity contribution in [3.63, 3.8) is 0 Å². The molecule has 0 saturated heterocycles. The first-order valence-electron chi connectivity index (χ1n) is 23.6. The monoisotopic (exact) mass is 948 g/mol. The number of aliphatic hydroxyl groups excluding tert-OH is 4. The van der Waals surface area contributed by atoms with Crippen LogP contribution in [0.5, 0.6) is 23.0 Å². The number of rotatable bonds is 8. The van der Waals surface area contributed by atoms with E-state index in [4.69, 9.17) is 29.7 Å². The van der Waals surface area contributed by atoms with Crippen molar-refractivity contribution in [1.29, 1.82) is 0 Å². The third-order valence-corrected chi connectivity index (χ3v) is 16.7. The molecule has 2 aliphatic carbocycles. The van der Waals surface area contributed by atoms with Crippen LogP contribution in [0.1, 0.15) is 106 Å². The predicted molar refractivity (Wildman–Crippen MR) is 257 cm³/mol. The highest BCUT2D eigenvalue weighted by molar-refractivity contribution is 8.76. The summed E-state index contributed by atoms with van der Waals surface area (Å²) in [6.45, 7) is 3.65. The van der Waals surface area contributed by atoms with E-state index in [9.17, 15) is 30.3 Å². The minimum atomic E-state index is -1.24. The maximum atomic E-state index is 13.3. The summed E-state index contributed by atoms with van der Waals surface area (Å²) in [6.07, 6.45) is 5.31. The number of ketones is 1.